The van der Waals surface area contributed by atoms with Gasteiger partial charge in [-0.25, -0.2) is 0 Å². The van der Waals surface area contributed by atoms with Crippen LogP contribution in [0.1, 0.15) is 11.1 Å². The minimum absolute atomic E-state index is 0.0174. The summed E-state index contributed by atoms with van der Waals surface area (Å²) in [6, 6.07) is 16.9. The number of hydrogen-bond acceptors (Lipinski definition) is 3. The molecule has 27 heavy (non-hydrogen) atoms. The molecule has 0 atom stereocenters. The Bertz CT molecular complexity index is 1080. The van der Waals surface area contributed by atoms with Gasteiger partial charge in [-0.1, -0.05) is 30.3 Å². The molecular formula is C21H20N4O2. The fourth-order valence-electron chi connectivity index (χ4n) is 3.84. The maximum absolute atomic E-state index is 11.0. The zero-order chi connectivity index (χ0) is 19.1. The topological polar surface area (TPSA) is 73.5 Å². The molecule has 0 heterocycles. The summed E-state index contributed by atoms with van der Waals surface area (Å²) in [5, 5.41) is 22.2. The maximum atomic E-state index is 11.0. The van der Waals surface area contributed by atoms with Crippen molar-refractivity contribution in [3.63, 3.8) is 0 Å². The van der Waals surface area contributed by atoms with Crippen molar-refractivity contribution in [3.05, 3.63) is 75.8 Å². The van der Waals surface area contributed by atoms with Gasteiger partial charge in [-0.05, 0) is 46.9 Å². The molecule has 0 aromatic heterocycles. The monoisotopic (exact) mass is 360 g/mol. The van der Waals surface area contributed by atoms with E-state index in [1.807, 2.05) is 11.9 Å². The molecule has 0 bridgehead atoms. The Kier molecular flexibility index (Phi) is 4.03. The average Bonchev–Trinajstić information content (AvgIpc) is 3.12. The van der Waals surface area contributed by atoms with Gasteiger partial charge in [-0.2, -0.15) is 0 Å². The SMILES string of the molecule is CN(C(=N)N(C)c1ccc2cccc3c2c1CC3)c1cccc([N+](=O)[O-])c1. The van der Waals surface area contributed by atoms with Gasteiger partial charge in [0.25, 0.3) is 5.69 Å². The molecule has 3 aromatic rings. The molecule has 0 saturated carbocycles. The smallest absolute Gasteiger partial charge is 0.271 e. The van der Waals surface area contributed by atoms with Crippen molar-refractivity contribution < 1.29 is 4.92 Å². The summed E-state index contributed by atoms with van der Waals surface area (Å²) in [6.07, 6.45) is 1.98. The molecule has 0 saturated heterocycles. The molecule has 6 nitrogen and oxygen atoms in total. The molecule has 0 aliphatic heterocycles. The van der Waals surface area contributed by atoms with Crippen molar-refractivity contribution in [3.8, 4) is 0 Å². The fraction of sp³-hybridized carbons (Fsp3) is 0.190. The third-order valence-corrected chi connectivity index (χ3v) is 5.28. The van der Waals surface area contributed by atoms with Crippen LogP contribution in [0.3, 0.4) is 0 Å². The van der Waals surface area contributed by atoms with Crippen LogP contribution in [0, 0.1) is 15.5 Å². The number of non-ortho nitro benzene ring substituents is 1. The quantitative estimate of drug-likeness (QED) is 0.326. The first-order valence-corrected chi connectivity index (χ1v) is 8.81. The van der Waals surface area contributed by atoms with Crippen molar-refractivity contribution in [2.45, 2.75) is 12.8 Å². The van der Waals surface area contributed by atoms with E-state index in [9.17, 15) is 10.1 Å². The van der Waals surface area contributed by atoms with Gasteiger partial charge in [0.05, 0.1) is 10.6 Å². The van der Waals surface area contributed by atoms with Gasteiger partial charge in [-0.3, -0.25) is 15.5 Å². The van der Waals surface area contributed by atoms with E-state index in [1.165, 1.54) is 34.0 Å². The Hall–Kier alpha value is -3.41. The second-order valence-electron chi connectivity index (χ2n) is 6.80. The lowest BCUT2D eigenvalue weighted by Crippen LogP contribution is -2.40. The first-order valence-electron chi connectivity index (χ1n) is 8.81. The molecule has 0 fully saturated rings. The van der Waals surface area contributed by atoms with Gasteiger partial charge in [0, 0.05) is 31.9 Å². The largest absolute Gasteiger partial charge is 0.315 e. The van der Waals surface area contributed by atoms with E-state index in [1.54, 1.807) is 24.1 Å². The van der Waals surface area contributed by atoms with Crippen LogP contribution in [0.2, 0.25) is 0 Å². The van der Waals surface area contributed by atoms with E-state index in [0.717, 1.165) is 18.5 Å². The molecule has 136 valence electrons. The van der Waals surface area contributed by atoms with E-state index in [2.05, 4.69) is 30.3 Å². The lowest BCUT2D eigenvalue weighted by Gasteiger charge is -2.29. The molecule has 0 spiro atoms. The fourth-order valence-corrected chi connectivity index (χ4v) is 3.84. The van der Waals surface area contributed by atoms with Gasteiger partial charge >= 0.3 is 0 Å². The zero-order valence-corrected chi connectivity index (χ0v) is 15.3. The molecule has 1 N–H and O–H groups in total. The number of hydrogen-bond donors (Lipinski definition) is 1. The number of anilines is 2. The van der Waals surface area contributed by atoms with Crippen molar-refractivity contribution >= 4 is 33.8 Å². The Labute approximate surface area is 157 Å². The van der Waals surface area contributed by atoms with Gasteiger partial charge in [0.2, 0.25) is 5.96 Å². The van der Waals surface area contributed by atoms with Gasteiger partial charge in [0.15, 0.2) is 0 Å². The number of guanidine groups is 1. The van der Waals surface area contributed by atoms with Crippen LogP contribution < -0.4 is 9.80 Å². The summed E-state index contributed by atoms with van der Waals surface area (Å²) < 4.78 is 0. The predicted molar refractivity (Wildman–Crippen MR) is 109 cm³/mol. The van der Waals surface area contributed by atoms with Crippen LogP contribution in [0.25, 0.3) is 10.8 Å². The third kappa shape index (κ3) is 2.79. The lowest BCUT2D eigenvalue weighted by atomic mass is 10.0. The zero-order valence-electron chi connectivity index (χ0n) is 15.3. The van der Waals surface area contributed by atoms with Crippen molar-refractivity contribution in [1.82, 2.24) is 0 Å². The summed E-state index contributed by atoms with van der Waals surface area (Å²) in [7, 11) is 3.62. The molecule has 1 aliphatic rings. The lowest BCUT2D eigenvalue weighted by molar-refractivity contribution is -0.384. The van der Waals surface area contributed by atoms with Crippen LogP contribution >= 0.6 is 0 Å². The molecule has 1 aliphatic carbocycles. The number of nitrogens with one attached hydrogen (secondary N) is 1. The van der Waals surface area contributed by atoms with E-state index < -0.39 is 4.92 Å². The maximum Gasteiger partial charge on any atom is 0.271 e. The highest BCUT2D eigenvalue weighted by Gasteiger charge is 2.22. The van der Waals surface area contributed by atoms with Gasteiger partial charge in [-0.15, -0.1) is 0 Å². The van der Waals surface area contributed by atoms with E-state index in [4.69, 9.17) is 5.41 Å². The Balaban J connectivity index is 1.68. The second-order valence-corrected chi connectivity index (χ2v) is 6.80. The van der Waals surface area contributed by atoms with Crippen LogP contribution in [0.15, 0.2) is 54.6 Å². The first-order chi connectivity index (χ1) is 13.0. The van der Waals surface area contributed by atoms with Crippen LogP contribution in [0.4, 0.5) is 17.1 Å². The van der Waals surface area contributed by atoms with Crippen LogP contribution in [-0.2, 0) is 12.8 Å². The van der Waals surface area contributed by atoms with E-state index in [0.29, 0.717) is 5.69 Å². The van der Waals surface area contributed by atoms with Crippen LogP contribution in [0.5, 0.6) is 0 Å². The Morgan fingerprint density at radius 2 is 1.81 bits per heavy atom. The Morgan fingerprint density at radius 1 is 1.04 bits per heavy atom. The summed E-state index contributed by atoms with van der Waals surface area (Å²) in [4.78, 5) is 14.1. The van der Waals surface area contributed by atoms with Crippen molar-refractivity contribution in [2.75, 3.05) is 23.9 Å². The summed E-state index contributed by atoms with van der Waals surface area (Å²) in [5.41, 5.74) is 4.26. The highest BCUT2D eigenvalue weighted by atomic mass is 16.6. The highest BCUT2D eigenvalue weighted by Crippen LogP contribution is 2.37. The van der Waals surface area contributed by atoms with Crippen molar-refractivity contribution in [2.24, 2.45) is 0 Å². The number of aryl methyl sites for hydroxylation is 2. The summed E-state index contributed by atoms with van der Waals surface area (Å²) in [5.74, 6) is 0.260. The predicted octanol–water partition coefficient (Wildman–Crippen LogP) is 4.35. The summed E-state index contributed by atoms with van der Waals surface area (Å²) in [6.45, 7) is 0. The first kappa shape index (κ1) is 17.0. The number of benzene rings is 3. The minimum Gasteiger partial charge on any atom is -0.315 e. The average molecular weight is 360 g/mol. The third-order valence-electron chi connectivity index (χ3n) is 5.28. The standard InChI is InChI=1S/C21H20N4O2/c1-23(16-7-4-8-17(13-16)25(26)27)21(22)24(2)19-12-10-15-6-3-5-14-9-11-18(19)20(14)15/h3-8,10,12-13,22H,9,11H2,1-2H3. The number of nitro groups is 1. The van der Waals surface area contributed by atoms with Crippen molar-refractivity contribution in [1.29, 1.82) is 5.41 Å². The number of nitro benzene ring substituents is 1. The van der Waals surface area contributed by atoms with E-state index >= 15 is 0 Å². The number of rotatable bonds is 3. The van der Waals surface area contributed by atoms with Gasteiger partial charge in [0.1, 0.15) is 0 Å². The normalized spacial score (nSPS) is 12.2. The molecular weight excluding hydrogens is 340 g/mol. The molecule has 3 aromatic carbocycles. The molecule has 4 rings (SSSR count). The Morgan fingerprint density at radius 3 is 2.59 bits per heavy atom. The summed E-state index contributed by atoms with van der Waals surface area (Å²) >= 11 is 0. The minimum atomic E-state index is -0.420. The molecule has 6 heteroatoms. The molecule has 0 radical (unpaired) electrons. The highest BCUT2D eigenvalue weighted by molar-refractivity contribution is 6.07. The van der Waals surface area contributed by atoms with Crippen LogP contribution in [-0.4, -0.2) is 25.0 Å². The second kappa shape index (κ2) is 6.39. The van der Waals surface area contributed by atoms with Gasteiger partial charge < -0.3 is 9.80 Å². The molecule has 0 unspecified atom stereocenters. The van der Waals surface area contributed by atoms with E-state index in [-0.39, 0.29) is 11.6 Å². The molecule has 0 amide bonds. The number of nitrogens with zero attached hydrogens (tertiary/aromatic N) is 3.